The first-order valence-electron chi connectivity index (χ1n) is 8.73. The Kier molecular flexibility index (Phi) is 5.91. The molecule has 2 aromatic carbocycles. The Morgan fingerprint density at radius 1 is 1.24 bits per heavy atom. The Bertz CT molecular complexity index is 1150. The molecule has 0 aliphatic heterocycles. The zero-order chi connectivity index (χ0) is 21.0. The molecule has 1 atom stereocenters. The van der Waals surface area contributed by atoms with E-state index >= 15 is 0 Å². The summed E-state index contributed by atoms with van der Waals surface area (Å²) in [5.41, 5.74) is 0.243. The summed E-state index contributed by atoms with van der Waals surface area (Å²) < 4.78 is 48.2. The van der Waals surface area contributed by atoms with Crippen molar-refractivity contribution in [3.63, 3.8) is 0 Å². The normalized spacial score (nSPS) is 12.3. The standard InChI is InChI=1S/C19H18FN5O3S/c1-3-25-18(22-23-19(25)28-16-9-7-15(20)8-10-16)13(2)24-29(26,27)17-6-4-5-14(11-17)12-21/h4-11,13,24H,3H2,1-2H3/t13-/m1/s1. The number of benzene rings is 2. The van der Waals surface area contributed by atoms with Gasteiger partial charge in [-0.2, -0.15) is 5.26 Å². The minimum Gasteiger partial charge on any atom is -0.424 e. The topological polar surface area (TPSA) is 110 Å². The van der Waals surface area contributed by atoms with Crippen molar-refractivity contribution in [2.24, 2.45) is 0 Å². The van der Waals surface area contributed by atoms with Gasteiger partial charge in [-0.15, -0.1) is 5.10 Å². The maximum atomic E-state index is 13.1. The number of halogens is 1. The van der Waals surface area contributed by atoms with Gasteiger partial charge in [0.05, 0.1) is 22.6 Å². The van der Waals surface area contributed by atoms with Crippen molar-refractivity contribution in [1.29, 1.82) is 5.26 Å². The first-order valence-corrected chi connectivity index (χ1v) is 10.2. The van der Waals surface area contributed by atoms with Crippen LogP contribution in [-0.4, -0.2) is 23.2 Å². The summed E-state index contributed by atoms with van der Waals surface area (Å²) in [6.07, 6.45) is 0. The van der Waals surface area contributed by atoms with Crippen LogP contribution in [0.2, 0.25) is 0 Å². The molecule has 0 saturated carbocycles. The van der Waals surface area contributed by atoms with Crippen molar-refractivity contribution in [3.8, 4) is 17.8 Å². The lowest BCUT2D eigenvalue weighted by Gasteiger charge is -2.15. The molecule has 0 amide bonds. The van der Waals surface area contributed by atoms with Gasteiger partial charge in [-0.05, 0) is 56.3 Å². The lowest BCUT2D eigenvalue weighted by Crippen LogP contribution is -2.29. The highest BCUT2D eigenvalue weighted by atomic mass is 32.2. The van der Waals surface area contributed by atoms with Crippen molar-refractivity contribution in [3.05, 3.63) is 65.7 Å². The SMILES string of the molecule is CCn1c(Oc2ccc(F)cc2)nnc1[C@@H](C)NS(=O)(=O)c1cccc(C#N)c1. The Morgan fingerprint density at radius 2 is 1.97 bits per heavy atom. The van der Waals surface area contributed by atoms with E-state index in [0.717, 1.165) is 0 Å². The number of ether oxygens (including phenoxy) is 1. The summed E-state index contributed by atoms with van der Waals surface area (Å²) in [6, 6.07) is 12.5. The second kappa shape index (κ2) is 8.38. The number of nitrogens with zero attached hydrogens (tertiary/aromatic N) is 4. The van der Waals surface area contributed by atoms with Crippen molar-refractivity contribution in [1.82, 2.24) is 19.5 Å². The number of nitrogens with one attached hydrogen (secondary N) is 1. The van der Waals surface area contributed by atoms with Gasteiger partial charge in [0, 0.05) is 6.54 Å². The number of hydrogen-bond acceptors (Lipinski definition) is 6. The van der Waals surface area contributed by atoms with Crippen LogP contribution < -0.4 is 9.46 Å². The molecule has 0 saturated heterocycles. The molecule has 3 rings (SSSR count). The van der Waals surface area contributed by atoms with Crippen molar-refractivity contribution in [2.45, 2.75) is 31.3 Å². The Hall–Kier alpha value is -3.29. The number of aromatic nitrogens is 3. The summed E-state index contributed by atoms with van der Waals surface area (Å²) in [7, 11) is -3.88. The summed E-state index contributed by atoms with van der Waals surface area (Å²) in [5.74, 6) is 0.338. The van der Waals surface area contributed by atoms with Crippen LogP contribution in [0, 0.1) is 17.1 Å². The van der Waals surface area contributed by atoms with Crippen LogP contribution in [0.25, 0.3) is 0 Å². The molecule has 8 nitrogen and oxygen atoms in total. The Morgan fingerprint density at radius 3 is 2.62 bits per heavy atom. The van der Waals surface area contributed by atoms with Crippen LogP contribution in [0.1, 0.15) is 31.3 Å². The molecule has 10 heteroatoms. The van der Waals surface area contributed by atoms with Crippen LogP contribution in [0.5, 0.6) is 11.8 Å². The lowest BCUT2D eigenvalue weighted by molar-refractivity contribution is 0.407. The summed E-state index contributed by atoms with van der Waals surface area (Å²) >= 11 is 0. The minimum absolute atomic E-state index is 0.0197. The van der Waals surface area contributed by atoms with Gasteiger partial charge in [0.25, 0.3) is 0 Å². The first-order chi connectivity index (χ1) is 13.8. The van der Waals surface area contributed by atoms with Gasteiger partial charge in [-0.1, -0.05) is 11.2 Å². The predicted octanol–water partition coefficient (Wildman–Crippen LogP) is 3.14. The van der Waals surface area contributed by atoms with Gasteiger partial charge < -0.3 is 4.74 Å². The number of hydrogen-bond donors (Lipinski definition) is 1. The number of sulfonamides is 1. The van der Waals surface area contributed by atoms with Gasteiger partial charge >= 0.3 is 6.01 Å². The molecule has 0 fully saturated rings. The van der Waals surface area contributed by atoms with E-state index in [1.54, 1.807) is 11.5 Å². The van der Waals surface area contributed by atoms with E-state index in [1.165, 1.54) is 48.5 Å². The fraction of sp³-hybridized carbons (Fsp3) is 0.211. The number of rotatable bonds is 7. The molecule has 1 aromatic heterocycles. The third kappa shape index (κ3) is 4.59. The maximum Gasteiger partial charge on any atom is 0.322 e. The first kappa shape index (κ1) is 20.4. The van der Waals surface area contributed by atoms with E-state index in [0.29, 0.717) is 18.1 Å². The molecule has 0 radical (unpaired) electrons. The van der Waals surface area contributed by atoms with E-state index in [2.05, 4.69) is 14.9 Å². The summed E-state index contributed by atoms with van der Waals surface area (Å²) in [4.78, 5) is -0.0197. The van der Waals surface area contributed by atoms with E-state index in [4.69, 9.17) is 10.00 Å². The van der Waals surface area contributed by atoms with E-state index in [1.807, 2.05) is 13.0 Å². The summed E-state index contributed by atoms with van der Waals surface area (Å²) in [6.45, 7) is 3.89. The molecule has 0 bridgehead atoms. The van der Waals surface area contributed by atoms with Crippen LogP contribution in [0.15, 0.2) is 53.4 Å². The van der Waals surface area contributed by atoms with Crippen LogP contribution in [0.4, 0.5) is 4.39 Å². The largest absolute Gasteiger partial charge is 0.424 e. The molecular weight excluding hydrogens is 397 g/mol. The van der Waals surface area contributed by atoms with Gasteiger partial charge in [-0.25, -0.2) is 17.5 Å². The Balaban J connectivity index is 1.83. The zero-order valence-corrected chi connectivity index (χ0v) is 16.5. The third-order valence-corrected chi connectivity index (χ3v) is 5.62. The van der Waals surface area contributed by atoms with Crippen molar-refractivity contribution < 1.29 is 17.5 Å². The minimum atomic E-state index is -3.88. The monoisotopic (exact) mass is 415 g/mol. The molecule has 1 heterocycles. The van der Waals surface area contributed by atoms with Crippen LogP contribution in [-0.2, 0) is 16.6 Å². The van der Waals surface area contributed by atoms with Gasteiger partial charge in [-0.3, -0.25) is 4.57 Å². The molecule has 0 aliphatic rings. The average molecular weight is 415 g/mol. The smallest absolute Gasteiger partial charge is 0.322 e. The molecule has 29 heavy (non-hydrogen) atoms. The molecule has 150 valence electrons. The maximum absolute atomic E-state index is 13.1. The molecular formula is C19H18FN5O3S. The third-order valence-electron chi connectivity index (χ3n) is 4.08. The molecule has 1 N–H and O–H groups in total. The summed E-state index contributed by atoms with van der Waals surface area (Å²) in [5, 5.41) is 17.0. The molecule has 0 unspecified atom stereocenters. The average Bonchev–Trinajstić information content (AvgIpc) is 3.12. The highest BCUT2D eigenvalue weighted by Crippen LogP contribution is 2.24. The van der Waals surface area contributed by atoms with E-state index in [-0.39, 0.29) is 16.5 Å². The second-order valence-corrected chi connectivity index (χ2v) is 7.84. The molecule has 3 aromatic rings. The Labute approximate surface area is 167 Å². The number of nitriles is 1. The highest BCUT2D eigenvalue weighted by Gasteiger charge is 2.24. The quantitative estimate of drug-likeness (QED) is 0.635. The fourth-order valence-electron chi connectivity index (χ4n) is 2.69. The zero-order valence-electron chi connectivity index (χ0n) is 15.7. The molecule has 0 aliphatic carbocycles. The lowest BCUT2D eigenvalue weighted by atomic mass is 10.2. The predicted molar refractivity (Wildman–Crippen MR) is 102 cm³/mol. The van der Waals surface area contributed by atoms with E-state index in [9.17, 15) is 12.8 Å². The van der Waals surface area contributed by atoms with Crippen molar-refractivity contribution in [2.75, 3.05) is 0 Å². The highest BCUT2D eigenvalue weighted by molar-refractivity contribution is 7.89. The van der Waals surface area contributed by atoms with Gasteiger partial charge in [0.1, 0.15) is 11.6 Å². The second-order valence-electron chi connectivity index (χ2n) is 6.12. The fourth-order valence-corrected chi connectivity index (χ4v) is 3.93. The van der Waals surface area contributed by atoms with Crippen LogP contribution in [0.3, 0.4) is 0 Å². The molecule has 0 spiro atoms. The van der Waals surface area contributed by atoms with Crippen LogP contribution >= 0.6 is 0 Å². The van der Waals surface area contributed by atoms with Gasteiger partial charge in [0.2, 0.25) is 10.0 Å². The van der Waals surface area contributed by atoms with Crippen molar-refractivity contribution >= 4 is 10.0 Å². The van der Waals surface area contributed by atoms with E-state index < -0.39 is 21.9 Å². The van der Waals surface area contributed by atoms with Gasteiger partial charge in [0.15, 0.2) is 5.82 Å².